The highest BCUT2D eigenvalue weighted by molar-refractivity contribution is 7.15. The van der Waals surface area contributed by atoms with Crippen molar-refractivity contribution in [1.29, 1.82) is 0 Å². The molecule has 0 spiro atoms. The zero-order chi connectivity index (χ0) is 18.5. The van der Waals surface area contributed by atoms with Crippen LogP contribution in [-0.2, 0) is 0 Å². The maximum absolute atomic E-state index is 12.4. The van der Waals surface area contributed by atoms with Crippen molar-refractivity contribution in [3.63, 3.8) is 0 Å². The Balaban J connectivity index is 1.69. The van der Waals surface area contributed by atoms with E-state index in [4.69, 9.17) is 5.21 Å². The molecule has 1 aromatic heterocycles. The Bertz CT molecular complexity index is 947. The van der Waals surface area contributed by atoms with Crippen molar-refractivity contribution < 1.29 is 14.8 Å². The van der Waals surface area contributed by atoms with Crippen LogP contribution in [0.2, 0.25) is 0 Å². The first-order valence-corrected chi connectivity index (χ1v) is 8.60. The van der Waals surface area contributed by atoms with Crippen LogP contribution in [0.25, 0.3) is 16.8 Å². The van der Waals surface area contributed by atoms with Gasteiger partial charge in [-0.2, -0.15) is 0 Å². The average molecular weight is 364 g/mol. The Morgan fingerprint density at radius 1 is 0.808 bits per heavy atom. The van der Waals surface area contributed by atoms with Crippen LogP contribution < -0.4 is 10.8 Å². The van der Waals surface area contributed by atoms with Crippen molar-refractivity contribution >= 4 is 28.8 Å². The Morgan fingerprint density at radius 3 is 2.08 bits per heavy atom. The molecule has 3 rings (SSSR count). The van der Waals surface area contributed by atoms with Crippen LogP contribution in [0.15, 0.2) is 73.3 Å². The molecule has 0 aliphatic rings. The topological polar surface area (TPSA) is 78.4 Å². The zero-order valence-corrected chi connectivity index (χ0v) is 14.5. The number of nitrogens with one attached hydrogen (secondary N) is 2. The maximum Gasteiger partial charge on any atom is 0.284 e. The molecule has 2 amide bonds. The first kappa shape index (κ1) is 17.6. The van der Waals surface area contributed by atoms with Gasteiger partial charge in [-0.05, 0) is 35.4 Å². The Morgan fingerprint density at radius 2 is 1.42 bits per heavy atom. The maximum atomic E-state index is 12.4. The molecule has 0 radical (unpaired) electrons. The fourth-order valence-corrected chi connectivity index (χ4v) is 3.21. The van der Waals surface area contributed by atoms with E-state index in [0.29, 0.717) is 21.0 Å². The second-order valence-electron chi connectivity index (χ2n) is 5.48. The number of hydrogen-bond donors (Lipinski definition) is 3. The summed E-state index contributed by atoms with van der Waals surface area (Å²) >= 11 is 1.12. The van der Waals surface area contributed by atoms with E-state index in [0.717, 1.165) is 22.5 Å². The lowest BCUT2D eigenvalue weighted by Crippen LogP contribution is -2.20. The van der Waals surface area contributed by atoms with Gasteiger partial charge >= 0.3 is 0 Å². The largest absolute Gasteiger partial charge is 0.321 e. The summed E-state index contributed by atoms with van der Waals surface area (Å²) in [5, 5.41) is 11.4. The highest BCUT2D eigenvalue weighted by Crippen LogP contribution is 2.23. The van der Waals surface area contributed by atoms with Gasteiger partial charge < -0.3 is 5.32 Å². The molecule has 5 nitrogen and oxygen atoms in total. The van der Waals surface area contributed by atoms with Gasteiger partial charge in [-0.3, -0.25) is 14.8 Å². The monoisotopic (exact) mass is 364 g/mol. The standard InChI is InChI=1S/C20H16N2O3S/c1-13(17-11-12-18(26-17)20(24)22-25)21-19(23)16-9-7-15(8-10-16)14-5-3-2-4-6-14/h2-12,25H,1H2,(H,21,23)(H,22,24). The smallest absolute Gasteiger partial charge is 0.284 e. The second-order valence-corrected chi connectivity index (χ2v) is 6.56. The number of benzene rings is 2. The molecule has 0 atom stereocenters. The lowest BCUT2D eigenvalue weighted by atomic mass is 10.0. The first-order valence-electron chi connectivity index (χ1n) is 7.79. The van der Waals surface area contributed by atoms with E-state index < -0.39 is 5.91 Å². The summed E-state index contributed by atoms with van der Waals surface area (Å²) in [4.78, 5) is 24.7. The molecule has 26 heavy (non-hydrogen) atoms. The predicted molar refractivity (Wildman–Crippen MR) is 102 cm³/mol. The summed E-state index contributed by atoms with van der Waals surface area (Å²) in [5.41, 5.74) is 4.58. The van der Waals surface area contributed by atoms with Crippen LogP contribution in [0, 0.1) is 0 Å². The van der Waals surface area contributed by atoms with Crippen molar-refractivity contribution in [2.24, 2.45) is 0 Å². The van der Waals surface area contributed by atoms with E-state index in [1.807, 2.05) is 42.5 Å². The highest BCUT2D eigenvalue weighted by atomic mass is 32.1. The summed E-state index contributed by atoms with van der Waals surface area (Å²) < 4.78 is 0. The zero-order valence-electron chi connectivity index (χ0n) is 13.7. The van der Waals surface area contributed by atoms with Crippen LogP contribution in [0.3, 0.4) is 0 Å². The lowest BCUT2D eigenvalue weighted by Gasteiger charge is -2.08. The van der Waals surface area contributed by atoms with Crippen molar-refractivity contribution in [2.45, 2.75) is 0 Å². The van der Waals surface area contributed by atoms with Crippen molar-refractivity contribution in [3.05, 3.63) is 88.6 Å². The molecular formula is C20H16N2O3S. The third-order valence-corrected chi connectivity index (χ3v) is 4.89. The number of hydrogen-bond acceptors (Lipinski definition) is 4. The SMILES string of the molecule is C=C(NC(=O)c1ccc(-c2ccccc2)cc1)c1ccc(C(=O)NO)s1. The number of carbonyl (C=O) groups is 2. The Kier molecular flexibility index (Phi) is 5.26. The van der Waals surface area contributed by atoms with Crippen LogP contribution in [-0.4, -0.2) is 17.0 Å². The lowest BCUT2D eigenvalue weighted by molar-refractivity contribution is 0.0711. The predicted octanol–water partition coefficient (Wildman–Crippen LogP) is 3.93. The van der Waals surface area contributed by atoms with Gasteiger partial charge in [0, 0.05) is 5.56 Å². The van der Waals surface area contributed by atoms with Gasteiger partial charge in [0.05, 0.1) is 15.5 Å². The number of amides is 2. The molecule has 0 saturated heterocycles. The summed E-state index contributed by atoms with van der Waals surface area (Å²) in [6.07, 6.45) is 0. The minimum absolute atomic E-state index is 0.281. The molecule has 0 unspecified atom stereocenters. The van der Waals surface area contributed by atoms with Crippen molar-refractivity contribution in [1.82, 2.24) is 10.8 Å². The molecule has 3 aromatic rings. The average Bonchev–Trinajstić information content (AvgIpc) is 3.18. The Labute approximate surface area is 154 Å². The second kappa shape index (κ2) is 7.77. The highest BCUT2D eigenvalue weighted by Gasteiger charge is 2.13. The minimum Gasteiger partial charge on any atom is -0.321 e. The van der Waals surface area contributed by atoms with Gasteiger partial charge in [-0.1, -0.05) is 49.0 Å². The molecule has 0 bridgehead atoms. The van der Waals surface area contributed by atoms with Gasteiger partial charge in [0.1, 0.15) is 0 Å². The summed E-state index contributed by atoms with van der Waals surface area (Å²) in [6.45, 7) is 3.84. The summed E-state index contributed by atoms with van der Waals surface area (Å²) in [5.74, 6) is -0.881. The van der Waals surface area contributed by atoms with Crippen molar-refractivity contribution in [3.8, 4) is 11.1 Å². The van der Waals surface area contributed by atoms with E-state index in [-0.39, 0.29) is 5.91 Å². The molecule has 3 N–H and O–H groups in total. The van der Waals surface area contributed by atoms with E-state index >= 15 is 0 Å². The van der Waals surface area contributed by atoms with Gasteiger partial charge in [-0.25, -0.2) is 5.48 Å². The molecule has 1 heterocycles. The van der Waals surface area contributed by atoms with E-state index in [1.54, 1.807) is 29.7 Å². The van der Waals surface area contributed by atoms with E-state index in [9.17, 15) is 9.59 Å². The molecular weight excluding hydrogens is 348 g/mol. The van der Waals surface area contributed by atoms with Gasteiger partial charge in [0.25, 0.3) is 11.8 Å². The van der Waals surface area contributed by atoms with Crippen LogP contribution >= 0.6 is 11.3 Å². The fraction of sp³-hybridized carbons (Fsp3) is 0. The number of rotatable bonds is 5. The molecule has 6 heteroatoms. The molecule has 130 valence electrons. The molecule has 0 aliphatic heterocycles. The van der Waals surface area contributed by atoms with E-state index in [2.05, 4.69) is 11.9 Å². The first-order chi connectivity index (χ1) is 12.6. The molecule has 0 aliphatic carbocycles. The van der Waals surface area contributed by atoms with E-state index in [1.165, 1.54) is 0 Å². The fourth-order valence-electron chi connectivity index (χ4n) is 2.39. The minimum atomic E-state index is -0.600. The third kappa shape index (κ3) is 3.88. The molecule has 2 aromatic carbocycles. The van der Waals surface area contributed by atoms with Gasteiger partial charge in [0.2, 0.25) is 0 Å². The Hall–Kier alpha value is -3.22. The van der Waals surface area contributed by atoms with Gasteiger partial charge in [0.15, 0.2) is 0 Å². The number of hydroxylamine groups is 1. The normalized spacial score (nSPS) is 10.2. The van der Waals surface area contributed by atoms with Crippen molar-refractivity contribution in [2.75, 3.05) is 0 Å². The number of thiophene rings is 1. The summed E-state index contributed by atoms with van der Waals surface area (Å²) in [6, 6.07) is 20.4. The van der Waals surface area contributed by atoms with Crippen LogP contribution in [0.5, 0.6) is 0 Å². The summed E-state index contributed by atoms with van der Waals surface area (Å²) in [7, 11) is 0. The third-order valence-electron chi connectivity index (χ3n) is 3.75. The molecule has 0 saturated carbocycles. The quantitative estimate of drug-likeness (QED) is 0.474. The molecule has 0 fully saturated rings. The van der Waals surface area contributed by atoms with Gasteiger partial charge in [-0.15, -0.1) is 11.3 Å². The number of carbonyl (C=O) groups excluding carboxylic acids is 2. The van der Waals surface area contributed by atoms with Crippen LogP contribution in [0.1, 0.15) is 24.9 Å². The van der Waals surface area contributed by atoms with Crippen LogP contribution in [0.4, 0.5) is 0 Å².